The zero-order valence-corrected chi connectivity index (χ0v) is 12.3. The quantitative estimate of drug-likeness (QED) is 0.742. The van der Waals surface area contributed by atoms with Crippen molar-refractivity contribution in [1.29, 1.82) is 0 Å². The van der Waals surface area contributed by atoms with Gasteiger partial charge in [-0.15, -0.1) is 0 Å². The maximum absolute atomic E-state index is 12.3. The minimum absolute atomic E-state index is 0.0173. The number of morpholine rings is 1. The van der Waals surface area contributed by atoms with E-state index in [1.165, 1.54) is 0 Å². The van der Waals surface area contributed by atoms with E-state index in [9.17, 15) is 9.90 Å². The average molecular weight is 272 g/mol. The second-order valence-electron chi connectivity index (χ2n) is 5.99. The number of nitrogens with zero attached hydrogens (tertiary/aromatic N) is 1. The number of hydrogen-bond acceptors (Lipinski definition) is 4. The Hall–Kier alpha value is -0.650. The molecule has 0 aromatic rings. The van der Waals surface area contributed by atoms with Gasteiger partial charge in [-0.3, -0.25) is 4.79 Å². The molecule has 0 aliphatic carbocycles. The van der Waals surface area contributed by atoms with Gasteiger partial charge in [0, 0.05) is 19.5 Å². The van der Waals surface area contributed by atoms with E-state index in [0.29, 0.717) is 32.0 Å². The number of ether oxygens (including phenoxy) is 1. The smallest absolute Gasteiger partial charge is 0.223 e. The first-order chi connectivity index (χ1) is 8.96. The molecule has 1 aliphatic rings. The minimum Gasteiger partial charge on any atom is -0.394 e. The number of carbonyl (C=O) groups is 1. The third-order valence-corrected chi connectivity index (χ3v) is 3.48. The lowest BCUT2D eigenvalue weighted by Gasteiger charge is -2.36. The van der Waals surface area contributed by atoms with Crippen molar-refractivity contribution in [2.45, 2.75) is 45.8 Å². The molecule has 0 aromatic heterocycles. The Morgan fingerprint density at radius 2 is 2.16 bits per heavy atom. The molecule has 19 heavy (non-hydrogen) atoms. The second kappa shape index (κ2) is 7.82. The largest absolute Gasteiger partial charge is 0.394 e. The first-order valence-electron chi connectivity index (χ1n) is 7.20. The summed E-state index contributed by atoms with van der Waals surface area (Å²) in [6.07, 6.45) is 1.20. The topological polar surface area (TPSA) is 75.8 Å². The van der Waals surface area contributed by atoms with Gasteiger partial charge < -0.3 is 20.5 Å². The first kappa shape index (κ1) is 16.4. The lowest BCUT2D eigenvalue weighted by Crippen LogP contribution is -2.50. The van der Waals surface area contributed by atoms with E-state index in [0.717, 1.165) is 6.42 Å². The molecule has 112 valence electrons. The lowest BCUT2D eigenvalue weighted by molar-refractivity contribution is -0.148. The number of aliphatic hydroxyl groups excluding tert-OH is 1. The number of amides is 1. The van der Waals surface area contributed by atoms with Crippen molar-refractivity contribution in [3.05, 3.63) is 0 Å². The van der Waals surface area contributed by atoms with Gasteiger partial charge in [0.1, 0.15) is 0 Å². The molecule has 3 N–H and O–H groups in total. The van der Waals surface area contributed by atoms with Crippen molar-refractivity contribution in [1.82, 2.24) is 4.90 Å². The van der Waals surface area contributed by atoms with Crippen LogP contribution in [0.3, 0.4) is 0 Å². The van der Waals surface area contributed by atoms with Crippen LogP contribution in [0.1, 0.15) is 33.6 Å². The zero-order valence-electron chi connectivity index (χ0n) is 12.3. The molecule has 1 rings (SSSR count). The Bertz CT molecular complexity index is 284. The van der Waals surface area contributed by atoms with Crippen LogP contribution in [-0.4, -0.2) is 54.4 Å². The maximum atomic E-state index is 12.3. The van der Waals surface area contributed by atoms with Gasteiger partial charge in [0.05, 0.1) is 18.8 Å². The number of aliphatic hydroxyl groups is 1. The highest BCUT2D eigenvalue weighted by atomic mass is 16.5. The molecule has 0 spiro atoms. The van der Waals surface area contributed by atoms with E-state index in [4.69, 9.17) is 10.5 Å². The van der Waals surface area contributed by atoms with E-state index in [1.807, 2.05) is 6.92 Å². The van der Waals surface area contributed by atoms with Crippen LogP contribution in [0.2, 0.25) is 0 Å². The van der Waals surface area contributed by atoms with Crippen molar-refractivity contribution >= 4 is 5.91 Å². The van der Waals surface area contributed by atoms with Crippen LogP contribution in [0, 0.1) is 11.8 Å². The summed E-state index contributed by atoms with van der Waals surface area (Å²) in [6, 6.07) is 0. The van der Waals surface area contributed by atoms with Gasteiger partial charge in [-0.2, -0.15) is 0 Å². The van der Waals surface area contributed by atoms with E-state index in [1.54, 1.807) is 4.90 Å². The molecule has 1 amide bonds. The van der Waals surface area contributed by atoms with Crippen molar-refractivity contribution in [3.8, 4) is 0 Å². The molecule has 0 aromatic carbocycles. The highest BCUT2D eigenvalue weighted by Gasteiger charge is 2.28. The summed E-state index contributed by atoms with van der Waals surface area (Å²) in [5, 5.41) is 9.17. The molecule has 0 radical (unpaired) electrons. The van der Waals surface area contributed by atoms with Crippen LogP contribution >= 0.6 is 0 Å². The highest BCUT2D eigenvalue weighted by Crippen LogP contribution is 2.18. The molecule has 1 fully saturated rings. The van der Waals surface area contributed by atoms with Gasteiger partial charge in [-0.1, -0.05) is 13.8 Å². The Morgan fingerprint density at radius 3 is 2.68 bits per heavy atom. The number of hydrogen-bond donors (Lipinski definition) is 2. The van der Waals surface area contributed by atoms with Crippen LogP contribution in [-0.2, 0) is 9.53 Å². The van der Waals surface area contributed by atoms with Crippen LogP contribution in [0.15, 0.2) is 0 Å². The van der Waals surface area contributed by atoms with Gasteiger partial charge >= 0.3 is 0 Å². The van der Waals surface area contributed by atoms with Crippen LogP contribution < -0.4 is 5.73 Å². The van der Waals surface area contributed by atoms with E-state index in [-0.39, 0.29) is 30.6 Å². The fourth-order valence-electron chi connectivity index (χ4n) is 2.66. The van der Waals surface area contributed by atoms with E-state index >= 15 is 0 Å². The maximum Gasteiger partial charge on any atom is 0.223 e. The predicted octanol–water partition coefficient (Wildman–Crippen LogP) is 0.606. The van der Waals surface area contributed by atoms with E-state index in [2.05, 4.69) is 13.8 Å². The summed E-state index contributed by atoms with van der Waals surface area (Å²) in [7, 11) is 0. The Labute approximate surface area is 116 Å². The zero-order chi connectivity index (χ0) is 14.4. The number of rotatable bonds is 6. The van der Waals surface area contributed by atoms with Gasteiger partial charge in [-0.05, 0) is 31.7 Å². The average Bonchev–Trinajstić information content (AvgIpc) is 2.36. The van der Waals surface area contributed by atoms with Gasteiger partial charge in [0.2, 0.25) is 5.91 Å². The van der Waals surface area contributed by atoms with Crippen molar-refractivity contribution in [2.75, 3.05) is 26.2 Å². The van der Waals surface area contributed by atoms with Gasteiger partial charge in [0.25, 0.3) is 0 Å². The standard InChI is InChI=1S/C14H28N2O3/c1-10(2)4-12(6-15)5-14(18)16-7-11(3)19-13(8-16)9-17/h10-13,17H,4-9,15H2,1-3H3. The van der Waals surface area contributed by atoms with Gasteiger partial charge in [0.15, 0.2) is 0 Å². The van der Waals surface area contributed by atoms with Crippen LogP contribution in [0.5, 0.6) is 0 Å². The molecule has 3 atom stereocenters. The molecule has 1 heterocycles. The Balaban J connectivity index is 2.51. The van der Waals surface area contributed by atoms with Crippen LogP contribution in [0.25, 0.3) is 0 Å². The van der Waals surface area contributed by atoms with Gasteiger partial charge in [-0.25, -0.2) is 0 Å². The van der Waals surface area contributed by atoms with Crippen molar-refractivity contribution in [3.63, 3.8) is 0 Å². The third kappa shape index (κ3) is 5.47. The normalized spacial score (nSPS) is 25.7. The minimum atomic E-state index is -0.255. The Kier molecular flexibility index (Phi) is 6.75. The fourth-order valence-corrected chi connectivity index (χ4v) is 2.66. The number of carbonyl (C=O) groups excluding carboxylic acids is 1. The van der Waals surface area contributed by atoms with Crippen molar-refractivity contribution < 1.29 is 14.6 Å². The molecular weight excluding hydrogens is 244 g/mol. The molecule has 1 saturated heterocycles. The highest BCUT2D eigenvalue weighted by molar-refractivity contribution is 5.76. The van der Waals surface area contributed by atoms with E-state index < -0.39 is 0 Å². The number of nitrogens with two attached hydrogens (primary N) is 1. The molecule has 0 bridgehead atoms. The third-order valence-electron chi connectivity index (χ3n) is 3.48. The summed E-state index contributed by atoms with van der Waals surface area (Å²) in [4.78, 5) is 14.1. The lowest BCUT2D eigenvalue weighted by atomic mass is 9.93. The Morgan fingerprint density at radius 1 is 1.47 bits per heavy atom. The second-order valence-corrected chi connectivity index (χ2v) is 5.99. The monoisotopic (exact) mass is 272 g/mol. The predicted molar refractivity (Wildman–Crippen MR) is 74.6 cm³/mol. The SMILES string of the molecule is CC(C)CC(CN)CC(=O)N1CC(C)OC(CO)C1. The summed E-state index contributed by atoms with van der Waals surface area (Å²) in [5.41, 5.74) is 5.74. The first-order valence-corrected chi connectivity index (χ1v) is 7.20. The fraction of sp³-hybridized carbons (Fsp3) is 0.929. The molecule has 3 unspecified atom stereocenters. The molecule has 5 heteroatoms. The van der Waals surface area contributed by atoms with Crippen molar-refractivity contribution in [2.24, 2.45) is 17.6 Å². The van der Waals surface area contributed by atoms with Crippen LogP contribution in [0.4, 0.5) is 0 Å². The molecular formula is C14H28N2O3. The summed E-state index contributed by atoms with van der Waals surface area (Å²) >= 11 is 0. The molecule has 1 aliphatic heterocycles. The molecule has 5 nitrogen and oxygen atoms in total. The summed E-state index contributed by atoms with van der Waals surface area (Å²) < 4.78 is 5.54. The molecule has 0 saturated carbocycles. The summed E-state index contributed by atoms with van der Waals surface area (Å²) in [5.74, 6) is 0.929. The summed E-state index contributed by atoms with van der Waals surface area (Å²) in [6.45, 7) is 7.81.